The molecule has 6 nitrogen and oxygen atoms in total. The third kappa shape index (κ3) is 6.57. The van der Waals surface area contributed by atoms with E-state index in [9.17, 15) is 13.2 Å². The minimum atomic E-state index is -3.89. The summed E-state index contributed by atoms with van der Waals surface area (Å²) in [6.45, 7) is 1.88. The monoisotopic (exact) mass is 551 g/mol. The number of rotatable bonds is 8. The van der Waals surface area contributed by atoms with E-state index in [2.05, 4.69) is 10.5 Å². The number of amides is 1. The molecule has 0 aliphatic rings. The Labute approximate surface area is 226 Å². The van der Waals surface area contributed by atoms with Crippen molar-refractivity contribution >= 4 is 51.0 Å². The van der Waals surface area contributed by atoms with Gasteiger partial charge in [-0.2, -0.15) is 5.10 Å². The lowest BCUT2D eigenvalue weighted by Crippen LogP contribution is -2.31. The number of benzene rings is 4. The smallest absolute Gasteiger partial charge is 0.267 e. The third-order valence-corrected chi connectivity index (χ3v) is 7.82. The van der Waals surface area contributed by atoms with E-state index < -0.39 is 15.9 Å². The first-order chi connectivity index (χ1) is 17.7. The largest absolute Gasteiger partial charge is 0.271 e. The Morgan fingerprint density at radius 1 is 0.892 bits per heavy atom. The van der Waals surface area contributed by atoms with Gasteiger partial charge in [0.15, 0.2) is 0 Å². The van der Waals surface area contributed by atoms with Crippen molar-refractivity contribution in [1.29, 1.82) is 0 Å². The van der Waals surface area contributed by atoms with Crippen molar-refractivity contribution in [2.24, 2.45) is 5.10 Å². The SMILES string of the molecule is Cc1ccc(Cl)cc1N(Cc1ccc(C(=O)N/N=C\c2ccc(Cl)cc2)cc1)S(=O)(=O)c1ccccc1. The summed E-state index contributed by atoms with van der Waals surface area (Å²) in [7, 11) is -3.89. The molecule has 0 bridgehead atoms. The number of hydrazone groups is 1. The number of nitrogens with one attached hydrogen (secondary N) is 1. The Hall–Kier alpha value is -3.65. The molecule has 0 aromatic heterocycles. The van der Waals surface area contributed by atoms with Crippen molar-refractivity contribution in [3.63, 3.8) is 0 Å². The molecule has 0 saturated carbocycles. The summed E-state index contributed by atoms with van der Waals surface area (Å²) >= 11 is 12.1. The molecular formula is C28H23Cl2N3O3S. The molecule has 9 heteroatoms. The number of carbonyl (C=O) groups is 1. The second kappa shape index (κ2) is 11.6. The number of hydrogen-bond acceptors (Lipinski definition) is 4. The molecule has 0 spiro atoms. The highest BCUT2D eigenvalue weighted by atomic mass is 35.5. The fourth-order valence-corrected chi connectivity index (χ4v) is 5.40. The first-order valence-corrected chi connectivity index (χ1v) is 13.5. The summed E-state index contributed by atoms with van der Waals surface area (Å²) in [5, 5.41) is 5.02. The summed E-state index contributed by atoms with van der Waals surface area (Å²) in [6.07, 6.45) is 1.52. The van der Waals surface area contributed by atoms with Crippen LogP contribution in [0.4, 0.5) is 5.69 Å². The zero-order valence-electron chi connectivity index (χ0n) is 19.8. The summed E-state index contributed by atoms with van der Waals surface area (Å²) in [5.41, 5.74) is 5.59. The molecule has 4 aromatic carbocycles. The van der Waals surface area contributed by atoms with Gasteiger partial charge in [0.2, 0.25) is 0 Å². The minimum absolute atomic E-state index is 0.0506. The van der Waals surface area contributed by atoms with Crippen LogP contribution in [0.5, 0.6) is 0 Å². The fraction of sp³-hybridized carbons (Fsp3) is 0.0714. The number of carbonyl (C=O) groups excluding carboxylic acids is 1. The van der Waals surface area contributed by atoms with E-state index in [1.54, 1.807) is 97.1 Å². The lowest BCUT2D eigenvalue weighted by atomic mass is 10.1. The second-order valence-corrected chi connectivity index (χ2v) is 10.9. The van der Waals surface area contributed by atoms with Crippen LogP contribution in [0.1, 0.15) is 27.0 Å². The summed E-state index contributed by atoms with van der Waals surface area (Å²) in [6, 6.07) is 27.1. The van der Waals surface area contributed by atoms with Crippen LogP contribution < -0.4 is 9.73 Å². The maximum atomic E-state index is 13.6. The Bertz CT molecular complexity index is 1520. The first kappa shape index (κ1) is 26.4. The van der Waals surface area contributed by atoms with E-state index in [4.69, 9.17) is 23.2 Å². The minimum Gasteiger partial charge on any atom is -0.267 e. The number of aryl methyl sites for hydroxylation is 1. The predicted octanol–water partition coefficient (Wildman–Crippen LogP) is 6.46. The normalized spacial score (nSPS) is 11.4. The maximum Gasteiger partial charge on any atom is 0.271 e. The van der Waals surface area contributed by atoms with Crippen LogP contribution in [0.25, 0.3) is 0 Å². The van der Waals surface area contributed by atoms with E-state index in [-0.39, 0.29) is 11.4 Å². The first-order valence-electron chi connectivity index (χ1n) is 11.3. The average molecular weight is 552 g/mol. The molecule has 0 fully saturated rings. The highest BCUT2D eigenvalue weighted by Gasteiger charge is 2.26. The molecule has 4 rings (SSSR count). The molecule has 1 amide bonds. The summed E-state index contributed by atoms with van der Waals surface area (Å²) in [4.78, 5) is 12.7. The average Bonchev–Trinajstić information content (AvgIpc) is 2.90. The summed E-state index contributed by atoms with van der Waals surface area (Å²) < 4.78 is 28.6. The predicted molar refractivity (Wildman–Crippen MR) is 149 cm³/mol. The van der Waals surface area contributed by atoms with Crippen LogP contribution >= 0.6 is 23.2 Å². The lowest BCUT2D eigenvalue weighted by molar-refractivity contribution is 0.0955. The van der Waals surface area contributed by atoms with Crippen LogP contribution in [0.15, 0.2) is 107 Å². The topological polar surface area (TPSA) is 78.8 Å². The van der Waals surface area contributed by atoms with Gasteiger partial charge in [-0.05, 0) is 72.1 Å². The summed E-state index contributed by atoms with van der Waals surface area (Å²) in [5.74, 6) is -0.392. The van der Waals surface area contributed by atoms with Gasteiger partial charge >= 0.3 is 0 Å². The van der Waals surface area contributed by atoms with Crippen LogP contribution in [-0.4, -0.2) is 20.5 Å². The highest BCUT2D eigenvalue weighted by Crippen LogP contribution is 2.31. The zero-order valence-corrected chi connectivity index (χ0v) is 22.1. The number of nitrogens with zero attached hydrogens (tertiary/aromatic N) is 2. The molecule has 37 heavy (non-hydrogen) atoms. The van der Waals surface area contributed by atoms with Gasteiger partial charge in [0.1, 0.15) is 0 Å². The van der Waals surface area contributed by atoms with Crippen molar-refractivity contribution in [3.8, 4) is 0 Å². The van der Waals surface area contributed by atoms with Crippen molar-refractivity contribution in [3.05, 3.63) is 129 Å². The van der Waals surface area contributed by atoms with Gasteiger partial charge in [0, 0.05) is 15.6 Å². The van der Waals surface area contributed by atoms with Crippen molar-refractivity contribution < 1.29 is 13.2 Å². The second-order valence-electron chi connectivity index (χ2n) is 8.20. The molecular weight excluding hydrogens is 529 g/mol. The van der Waals surface area contributed by atoms with Crippen molar-refractivity contribution in [2.75, 3.05) is 4.31 Å². The van der Waals surface area contributed by atoms with E-state index in [0.29, 0.717) is 26.9 Å². The van der Waals surface area contributed by atoms with Gasteiger partial charge in [-0.15, -0.1) is 0 Å². The van der Waals surface area contributed by atoms with Gasteiger partial charge in [0.05, 0.1) is 23.3 Å². The van der Waals surface area contributed by atoms with Crippen LogP contribution in [0.3, 0.4) is 0 Å². The molecule has 0 unspecified atom stereocenters. The number of anilines is 1. The van der Waals surface area contributed by atoms with E-state index in [1.165, 1.54) is 10.5 Å². The molecule has 0 heterocycles. The molecule has 4 aromatic rings. The van der Waals surface area contributed by atoms with Gasteiger partial charge in [0.25, 0.3) is 15.9 Å². The molecule has 0 saturated heterocycles. The molecule has 1 N–H and O–H groups in total. The Morgan fingerprint density at radius 2 is 1.54 bits per heavy atom. The number of hydrogen-bond donors (Lipinski definition) is 1. The Balaban J connectivity index is 1.55. The Morgan fingerprint density at radius 3 is 2.22 bits per heavy atom. The van der Waals surface area contributed by atoms with Crippen LogP contribution in [-0.2, 0) is 16.6 Å². The molecule has 0 aliphatic heterocycles. The van der Waals surface area contributed by atoms with E-state index in [0.717, 1.165) is 11.1 Å². The number of sulfonamides is 1. The molecule has 0 radical (unpaired) electrons. The van der Waals surface area contributed by atoms with Gasteiger partial charge in [-0.3, -0.25) is 9.10 Å². The maximum absolute atomic E-state index is 13.6. The van der Waals surface area contributed by atoms with Crippen molar-refractivity contribution in [2.45, 2.75) is 18.4 Å². The lowest BCUT2D eigenvalue weighted by Gasteiger charge is -2.26. The standard InChI is InChI=1S/C28H23Cl2N3O3S/c1-20-7-14-25(30)17-27(20)33(37(35,36)26-5-3-2-4-6-26)19-22-8-12-23(13-9-22)28(34)32-31-18-21-10-15-24(29)16-11-21/h2-18H,19H2,1H3,(H,32,34)/b31-18-. The van der Waals surface area contributed by atoms with Crippen LogP contribution in [0.2, 0.25) is 10.0 Å². The Kier molecular flexibility index (Phi) is 8.28. The molecule has 0 aliphatic carbocycles. The zero-order chi connectivity index (χ0) is 26.4. The van der Waals surface area contributed by atoms with Gasteiger partial charge in [-0.25, -0.2) is 13.8 Å². The van der Waals surface area contributed by atoms with E-state index in [1.807, 2.05) is 6.92 Å². The van der Waals surface area contributed by atoms with Crippen LogP contribution in [0, 0.1) is 6.92 Å². The molecule has 188 valence electrons. The fourth-order valence-electron chi connectivity index (χ4n) is 3.58. The third-order valence-electron chi connectivity index (χ3n) is 5.56. The van der Waals surface area contributed by atoms with Gasteiger partial charge in [-0.1, -0.05) is 71.7 Å². The highest BCUT2D eigenvalue weighted by molar-refractivity contribution is 7.92. The number of halogens is 2. The van der Waals surface area contributed by atoms with Crippen molar-refractivity contribution in [1.82, 2.24) is 5.43 Å². The van der Waals surface area contributed by atoms with Gasteiger partial charge < -0.3 is 0 Å². The van der Waals surface area contributed by atoms with E-state index >= 15 is 0 Å². The quantitative estimate of drug-likeness (QED) is 0.201. The molecule has 0 atom stereocenters.